The number of nitrogens with zero attached hydrogens (tertiary/aromatic N) is 2. The minimum atomic E-state index is -0.487. The van der Waals surface area contributed by atoms with E-state index in [-0.39, 0.29) is 29.9 Å². The van der Waals surface area contributed by atoms with Gasteiger partial charge in [0.05, 0.1) is 12.0 Å². The second-order valence-corrected chi connectivity index (χ2v) is 8.36. The van der Waals surface area contributed by atoms with Crippen LogP contribution in [0.4, 0.5) is 0 Å². The van der Waals surface area contributed by atoms with Gasteiger partial charge in [-0.15, -0.1) is 24.0 Å². The zero-order valence-electron chi connectivity index (χ0n) is 16.0. The Morgan fingerprint density at radius 1 is 1.29 bits per heavy atom. The van der Waals surface area contributed by atoms with Gasteiger partial charge in [0, 0.05) is 37.2 Å². The maximum Gasteiger partial charge on any atom is 0.227 e. The van der Waals surface area contributed by atoms with Crippen LogP contribution in [0.25, 0.3) is 0 Å². The summed E-state index contributed by atoms with van der Waals surface area (Å²) >= 11 is 2.06. The predicted octanol–water partition coefficient (Wildman–Crippen LogP) is 2.81. The number of rotatable bonds is 6. The molecule has 1 aliphatic rings. The lowest BCUT2D eigenvalue weighted by molar-refractivity contribution is -0.128. The minimum absolute atomic E-state index is 0. The Labute approximate surface area is 169 Å². The van der Waals surface area contributed by atoms with Crippen molar-refractivity contribution in [1.82, 2.24) is 15.5 Å². The van der Waals surface area contributed by atoms with E-state index in [0.717, 1.165) is 31.3 Å². The van der Waals surface area contributed by atoms with Crippen molar-refractivity contribution in [3.8, 4) is 0 Å². The van der Waals surface area contributed by atoms with Crippen molar-refractivity contribution in [1.29, 1.82) is 0 Å². The van der Waals surface area contributed by atoms with Crippen LogP contribution in [-0.2, 0) is 4.79 Å². The molecule has 1 aliphatic heterocycles. The van der Waals surface area contributed by atoms with E-state index >= 15 is 0 Å². The van der Waals surface area contributed by atoms with Gasteiger partial charge in [-0.2, -0.15) is 11.8 Å². The Kier molecular flexibility index (Phi) is 11.4. The van der Waals surface area contributed by atoms with Gasteiger partial charge in [0.15, 0.2) is 5.96 Å². The molecule has 0 saturated carbocycles. The Morgan fingerprint density at radius 2 is 1.92 bits per heavy atom. The fourth-order valence-corrected chi connectivity index (χ4v) is 3.74. The van der Waals surface area contributed by atoms with Crippen molar-refractivity contribution in [2.24, 2.45) is 16.3 Å². The Balaban J connectivity index is 0.00000529. The van der Waals surface area contributed by atoms with Gasteiger partial charge in [0.2, 0.25) is 5.91 Å². The number of amides is 1. The fourth-order valence-electron chi connectivity index (χ4n) is 2.44. The first-order valence-corrected chi connectivity index (χ1v) is 9.79. The molecule has 1 unspecified atom stereocenters. The van der Waals surface area contributed by atoms with Crippen molar-refractivity contribution in [3.05, 3.63) is 0 Å². The van der Waals surface area contributed by atoms with Crippen LogP contribution < -0.4 is 10.6 Å². The standard InChI is InChI=1S/C17H34N4OS.HI/c1-7-18-15(22)17(5,6)12-20-16(19-8-2)21-9-10-23-14(11-21)13(3)4;/h13-14H,7-12H2,1-6H3,(H,18,22)(H,19,20);1H. The topological polar surface area (TPSA) is 56.7 Å². The number of aliphatic imine (C=N–C) groups is 1. The molecule has 0 spiro atoms. The molecule has 7 heteroatoms. The van der Waals surface area contributed by atoms with Gasteiger partial charge in [-0.25, -0.2) is 0 Å². The maximum atomic E-state index is 12.1. The first kappa shape index (κ1) is 23.8. The Bertz CT molecular complexity index is 415. The molecular weight excluding hydrogens is 435 g/mol. The van der Waals surface area contributed by atoms with Gasteiger partial charge < -0.3 is 15.5 Å². The van der Waals surface area contributed by atoms with Gasteiger partial charge in [-0.1, -0.05) is 13.8 Å². The third kappa shape index (κ3) is 7.37. The highest BCUT2D eigenvalue weighted by Gasteiger charge is 2.29. The third-order valence-corrected chi connectivity index (χ3v) is 5.59. The molecule has 5 nitrogen and oxygen atoms in total. The predicted molar refractivity (Wildman–Crippen MR) is 117 cm³/mol. The third-order valence-electron chi connectivity index (χ3n) is 4.05. The van der Waals surface area contributed by atoms with E-state index in [4.69, 9.17) is 4.99 Å². The van der Waals surface area contributed by atoms with Crippen LogP contribution in [0.1, 0.15) is 41.5 Å². The van der Waals surface area contributed by atoms with Crippen molar-refractivity contribution in [2.75, 3.05) is 38.5 Å². The zero-order valence-corrected chi connectivity index (χ0v) is 19.2. The number of hydrogen-bond acceptors (Lipinski definition) is 3. The summed E-state index contributed by atoms with van der Waals surface area (Å²) in [5, 5.41) is 6.93. The van der Waals surface area contributed by atoms with Gasteiger partial charge in [-0.05, 0) is 33.6 Å². The maximum absolute atomic E-state index is 12.1. The molecule has 1 fully saturated rings. The molecule has 142 valence electrons. The lowest BCUT2D eigenvalue weighted by atomic mass is 9.92. The summed E-state index contributed by atoms with van der Waals surface area (Å²) < 4.78 is 0. The number of carbonyl (C=O) groups excluding carboxylic acids is 1. The lowest BCUT2D eigenvalue weighted by Gasteiger charge is -2.36. The number of halogens is 1. The molecule has 2 N–H and O–H groups in total. The summed E-state index contributed by atoms with van der Waals surface area (Å²) in [5.74, 6) is 2.80. The minimum Gasteiger partial charge on any atom is -0.357 e. The van der Waals surface area contributed by atoms with Crippen molar-refractivity contribution in [2.45, 2.75) is 46.8 Å². The van der Waals surface area contributed by atoms with Crippen LogP contribution in [0, 0.1) is 11.3 Å². The van der Waals surface area contributed by atoms with E-state index in [1.807, 2.05) is 20.8 Å². The SMILES string of the molecule is CCNC(=O)C(C)(C)CN=C(NCC)N1CCSC(C(C)C)C1.I. The quantitative estimate of drug-likeness (QED) is 0.356. The smallest absolute Gasteiger partial charge is 0.227 e. The van der Waals surface area contributed by atoms with E-state index in [2.05, 4.69) is 48.1 Å². The zero-order chi connectivity index (χ0) is 17.5. The average molecular weight is 470 g/mol. The van der Waals surface area contributed by atoms with Crippen molar-refractivity contribution in [3.63, 3.8) is 0 Å². The van der Waals surface area contributed by atoms with E-state index in [0.29, 0.717) is 24.3 Å². The van der Waals surface area contributed by atoms with Crippen LogP contribution in [0.3, 0.4) is 0 Å². The molecule has 1 rings (SSSR count). The van der Waals surface area contributed by atoms with E-state index < -0.39 is 5.41 Å². The van der Waals surface area contributed by atoms with Gasteiger partial charge in [0.25, 0.3) is 0 Å². The van der Waals surface area contributed by atoms with Crippen LogP contribution >= 0.6 is 35.7 Å². The number of guanidine groups is 1. The number of carbonyl (C=O) groups is 1. The number of hydrogen-bond donors (Lipinski definition) is 2. The molecule has 1 saturated heterocycles. The summed E-state index contributed by atoms with van der Waals surface area (Å²) in [6.07, 6.45) is 0. The van der Waals surface area contributed by atoms with Gasteiger partial charge >= 0.3 is 0 Å². The lowest BCUT2D eigenvalue weighted by Crippen LogP contribution is -2.49. The molecule has 0 aromatic heterocycles. The second kappa shape index (κ2) is 11.4. The molecule has 1 heterocycles. The summed E-state index contributed by atoms with van der Waals surface area (Å²) in [4.78, 5) is 19.2. The molecule has 0 aromatic carbocycles. The van der Waals surface area contributed by atoms with Crippen LogP contribution in [0.15, 0.2) is 4.99 Å². The number of thioether (sulfide) groups is 1. The fraction of sp³-hybridized carbons (Fsp3) is 0.882. The Hall–Kier alpha value is -0.180. The largest absolute Gasteiger partial charge is 0.357 e. The molecule has 0 bridgehead atoms. The van der Waals surface area contributed by atoms with Gasteiger partial charge in [0.1, 0.15) is 0 Å². The van der Waals surface area contributed by atoms with Crippen LogP contribution in [0.2, 0.25) is 0 Å². The van der Waals surface area contributed by atoms with Gasteiger partial charge in [-0.3, -0.25) is 9.79 Å². The van der Waals surface area contributed by atoms with Crippen molar-refractivity contribution < 1.29 is 4.79 Å². The van der Waals surface area contributed by atoms with Crippen LogP contribution in [-0.4, -0.2) is 60.5 Å². The summed E-state index contributed by atoms with van der Waals surface area (Å²) in [6, 6.07) is 0. The molecule has 0 aliphatic carbocycles. The molecule has 1 amide bonds. The molecular formula is C17H35IN4OS. The summed E-state index contributed by atoms with van der Waals surface area (Å²) in [5.41, 5.74) is -0.487. The highest BCUT2D eigenvalue weighted by molar-refractivity contribution is 14.0. The average Bonchev–Trinajstić information content (AvgIpc) is 2.51. The molecule has 0 radical (unpaired) electrons. The summed E-state index contributed by atoms with van der Waals surface area (Å²) in [6.45, 7) is 16.5. The van der Waals surface area contributed by atoms with E-state index in [1.165, 1.54) is 0 Å². The normalized spacial score (nSPS) is 19.0. The first-order valence-electron chi connectivity index (χ1n) is 8.75. The highest BCUT2D eigenvalue weighted by Crippen LogP contribution is 2.25. The van der Waals surface area contributed by atoms with E-state index in [1.54, 1.807) is 0 Å². The molecule has 1 atom stereocenters. The highest BCUT2D eigenvalue weighted by atomic mass is 127. The van der Waals surface area contributed by atoms with E-state index in [9.17, 15) is 4.79 Å². The second-order valence-electron chi connectivity index (χ2n) is 7.01. The number of nitrogens with one attached hydrogen (secondary N) is 2. The summed E-state index contributed by atoms with van der Waals surface area (Å²) in [7, 11) is 0. The first-order chi connectivity index (χ1) is 10.8. The molecule has 24 heavy (non-hydrogen) atoms. The monoisotopic (exact) mass is 470 g/mol. The van der Waals surface area contributed by atoms with Crippen molar-refractivity contribution >= 4 is 47.6 Å². The van der Waals surface area contributed by atoms with Crippen LogP contribution in [0.5, 0.6) is 0 Å². The molecule has 0 aromatic rings. The Morgan fingerprint density at radius 3 is 2.46 bits per heavy atom.